The summed E-state index contributed by atoms with van der Waals surface area (Å²) < 4.78 is 26.5. The summed E-state index contributed by atoms with van der Waals surface area (Å²) in [7, 11) is -3.76. The van der Waals surface area contributed by atoms with E-state index in [2.05, 4.69) is 19.2 Å². The first-order chi connectivity index (χ1) is 17.0. The van der Waals surface area contributed by atoms with Crippen molar-refractivity contribution in [3.8, 4) is 0 Å². The minimum absolute atomic E-state index is 0.152. The summed E-state index contributed by atoms with van der Waals surface area (Å²) in [5.41, 5.74) is 2.26. The molecule has 0 aliphatic rings. The number of nitrogens with zero attached hydrogens (tertiary/aromatic N) is 2. The van der Waals surface area contributed by atoms with E-state index >= 15 is 0 Å². The molecule has 0 aromatic heterocycles. The van der Waals surface area contributed by atoms with Gasteiger partial charge in [-0.25, -0.2) is 8.42 Å². The fourth-order valence-electron chi connectivity index (χ4n) is 3.85. The number of hydrogen-bond acceptors (Lipinski definition) is 4. The lowest BCUT2D eigenvalue weighted by Gasteiger charge is -2.33. The van der Waals surface area contributed by atoms with Gasteiger partial charge < -0.3 is 10.2 Å². The first-order valence-electron chi connectivity index (χ1n) is 12.4. The second kappa shape index (κ2) is 13.7. The van der Waals surface area contributed by atoms with Crippen molar-refractivity contribution in [2.75, 3.05) is 23.7 Å². The van der Waals surface area contributed by atoms with Gasteiger partial charge in [-0.2, -0.15) is 0 Å². The third-order valence-electron chi connectivity index (χ3n) is 6.01. The van der Waals surface area contributed by atoms with Crippen LogP contribution in [-0.2, 0) is 26.2 Å². The average Bonchev–Trinajstić information content (AvgIpc) is 2.83. The number of anilines is 1. The van der Waals surface area contributed by atoms with Crippen LogP contribution in [0.3, 0.4) is 0 Å². The minimum Gasteiger partial charge on any atom is -0.354 e. The largest absolute Gasteiger partial charge is 0.354 e. The standard InChI is InChI=1S/C27H38ClN3O4S/c1-6-8-17-29-27(33)25(7-2)30(18-21-9-13-23(28)14-10-21)26(32)19-31(36(5,34)35)24-15-11-22(12-16-24)20(3)4/h9-16,20,25H,6-8,17-19H2,1-5H3,(H,29,33)/t25-/m0/s1. The first-order valence-corrected chi connectivity index (χ1v) is 14.6. The monoisotopic (exact) mass is 535 g/mol. The molecule has 2 aromatic rings. The van der Waals surface area contributed by atoms with Gasteiger partial charge in [-0.1, -0.05) is 70.0 Å². The Morgan fingerprint density at radius 3 is 2.11 bits per heavy atom. The lowest BCUT2D eigenvalue weighted by molar-refractivity contribution is -0.140. The number of unbranched alkanes of at least 4 members (excludes halogenated alkanes) is 1. The molecule has 2 aromatic carbocycles. The zero-order valence-electron chi connectivity index (χ0n) is 21.8. The van der Waals surface area contributed by atoms with Gasteiger partial charge in [0.1, 0.15) is 12.6 Å². The number of amides is 2. The van der Waals surface area contributed by atoms with E-state index in [0.717, 1.165) is 34.5 Å². The molecule has 2 amide bonds. The van der Waals surface area contributed by atoms with Gasteiger partial charge in [0.25, 0.3) is 0 Å². The number of hydrogen-bond donors (Lipinski definition) is 1. The maximum Gasteiger partial charge on any atom is 0.244 e. The maximum atomic E-state index is 13.7. The van der Waals surface area contributed by atoms with Crippen LogP contribution in [0.5, 0.6) is 0 Å². The molecule has 7 nitrogen and oxygen atoms in total. The van der Waals surface area contributed by atoms with Crippen molar-refractivity contribution in [1.29, 1.82) is 0 Å². The van der Waals surface area contributed by atoms with Gasteiger partial charge in [-0.05, 0) is 54.2 Å². The van der Waals surface area contributed by atoms with Crippen LogP contribution >= 0.6 is 11.6 Å². The molecule has 1 N–H and O–H groups in total. The molecule has 2 rings (SSSR count). The van der Waals surface area contributed by atoms with E-state index in [1.807, 2.05) is 26.0 Å². The lowest BCUT2D eigenvalue weighted by Crippen LogP contribution is -2.52. The van der Waals surface area contributed by atoms with Crippen molar-refractivity contribution >= 4 is 39.1 Å². The highest BCUT2D eigenvalue weighted by molar-refractivity contribution is 7.92. The van der Waals surface area contributed by atoms with E-state index in [4.69, 9.17) is 11.6 Å². The third kappa shape index (κ3) is 8.52. The predicted octanol–water partition coefficient (Wildman–Crippen LogP) is 4.95. The van der Waals surface area contributed by atoms with Gasteiger partial charge in [0.05, 0.1) is 11.9 Å². The molecule has 36 heavy (non-hydrogen) atoms. The molecule has 0 bridgehead atoms. The van der Waals surface area contributed by atoms with Crippen molar-refractivity contribution < 1.29 is 18.0 Å². The van der Waals surface area contributed by atoms with Crippen LogP contribution < -0.4 is 9.62 Å². The van der Waals surface area contributed by atoms with Crippen LogP contribution in [0.1, 0.15) is 64.0 Å². The van der Waals surface area contributed by atoms with Crippen LogP contribution in [0.15, 0.2) is 48.5 Å². The quantitative estimate of drug-likeness (QED) is 0.367. The van der Waals surface area contributed by atoms with Crippen molar-refractivity contribution in [2.24, 2.45) is 0 Å². The van der Waals surface area contributed by atoms with E-state index in [9.17, 15) is 18.0 Å². The highest BCUT2D eigenvalue weighted by Gasteiger charge is 2.31. The molecule has 0 saturated heterocycles. The Labute approximate surface area is 220 Å². The lowest BCUT2D eigenvalue weighted by atomic mass is 10.0. The fourth-order valence-corrected chi connectivity index (χ4v) is 4.83. The van der Waals surface area contributed by atoms with Crippen LogP contribution in [0.4, 0.5) is 5.69 Å². The van der Waals surface area contributed by atoms with E-state index in [-0.39, 0.29) is 12.5 Å². The average molecular weight is 536 g/mol. The number of carbonyl (C=O) groups is 2. The Morgan fingerprint density at radius 1 is 1.00 bits per heavy atom. The van der Waals surface area contributed by atoms with Crippen LogP contribution in [-0.4, -0.2) is 50.5 Å². The number of sulfonamides is 1. The molecule has 0 spiro atoms. The van der Waals surface area contributed by atoms with E-state index in [1.165, 1.54) is 4.90 Å². The number of benzene rings is 2. The minimum atomic E-state index is -3.76. The summed E-state index contributed by atoms with van der Waals surface area (Å²) in [6.45, 7) is 8.24. The molecule has 0 radical (unpaired) electrons. The number of rotatable bonds is 13. The van der Waals surface area contributed by atoms with E-state index < -0.39 is 28.5 Å². The summed E-state index contributed by atoms with van der Waals surface area (Å²) in [4.78, 5) is 28.2. The molecular formula is C27H38ClN3O4S. The van der Waals surface area contributed by atoms with Crippen molar-refractivity contribution in [2.45, 2.75) is 65.5 Å². The summed E-state index contributed by atoms with van der Waals surface area (Å²) in [5, 5.41) is 3.48. The van der Waals surface area contributed by atoms with Crippen molar-refractivity contribution in [3.63, 3.8) is 0 Å². The Bertz CT molecular complexity index is 1100. The van der Waals surface area contributed by atoms with Crippen LogP contribution in [0.25, 0.3) is 0 Å². The molecule has 198 valence electrons. The van der Waals surface area contributed by atoms with Crippen LogP contribution in [0.2, 0.25) is 5.02 Å². The van der Waals surface area contributed by atoms with Gasteiger partial charge in [-0.15, -0.1) is 0 Å². The zero-order valence-corrected chi connectivity index (χ0v) is 23.4. The van der Waals surface area contributed by atoms with Crippen molar-refractivity contribution in [3.05, 3.63) is 64.7 Å². The highest BCUT2D eigenvalue weighted by atomic mass is 35.5. The zero-order chi connectivity index (χ0) is 26.9. The van der Waals surface area contributed by atoms with Gasteiger partial charge >= 0.3 is 0 Å². The Kier molecular flexibility index (Phi) is 11.2. The predicted molar refractivity (Wildman–Crippen MR) is 147 cm³/mol. The van der Waals surface area contributed by atoms with Gasteiger partial charge in [0, 0.05) is 18.1 Å². The highest BCUT2D eigenvalue weighted by Crippen LogP contribution is 2.23. The molecule has 1 atom stereocenters. The Morgan fingerprint density at radius 2 is 1.61 bits per heavy atom. The number of carbonyl (C=O) groups excluding carboxylic acids is 2. The van der Waals surface area contributed by atoms with Crippen LogP contribution in [0, 0.1) is 0 Å². The van der Waals surface area contributed by atoms with E-state index in [0.29, 0.717) is 29.6 Å². The molecule has 0 fully saturated rings. The number of nitrogens with one attached hydrogen (secondary N) is 1. The molecule has 0 saturated carbocycles. The summed E-state index contributed by atoms with van der Waals surface area (Å²) in [6, 6.07) is 13.4. The molecule has 0 heterocycles. The smallest absolute Gasteiger partial charge is 0.244 e. The number of halogens is 1. The second-order valence-electron chi connectivity index (χ2n) is 9.23. The van der Waals surface area contributed by atoms with Gasteiger partial charge in [0.2, 0.25) is 21.8 Å². The summed E-state index contributed by atoms with van der Waals surface area (Å²) >= 11 is 6.02. The maximum absolute atomic E-state index is 13.7. The topological polar surface area (TPSA) is 86.8 Å². The third-order valence-corrected chi connectivity index (χ3v) is 7.40. The van der Waals surface area contributed by atoms with Gasteiger partial charge in [-0.3, -0.25) is 13.9 Å². The molecule has 9 heteroatoms. The van der Waals surface area contributed by atoms with Gasteiger partial charge in [0.15, 0.2) is 0 Å². The van der Waals surface area contributed by atoms with Crippen molar-refractivity contribution in [1.82, 2.24) is 10.2 Å². The first kappa shape index (κ1) is 29.6. The Balaban J connectivity index is 2.39. The second-order valence-corrected chi connectivity index (χ2v) is 11.6. The Hall–Kier alpha value is -2.58. The summed E-state index contributed by atoms with van der Waals surface area (Å²) in [6.07, 6.45) is 3.24. The normalized spacial score (nSPS) is 12.3. The summed E-state index contributed by atoms with van der Waals surface area (Å²) in [5.74, 6) is -0.417. The van der Waals surface area contributed by atoms with E-state index in [1.54, 1.807) is 36.4 Å². The fraction of sp³-hybridized carbons (Fsp3) is 0.481. The molecule has 0 aliphatic heterocycles. The molecule has 0 unspecified atom stereocenters. The molecule has 0 aliphatic carbocycles. The molecular weight excluding hydrogens is 498 g/mol. The SMILES string of the molecule is CCCCNC(=O)[C@H](CC)N(Cc1ccc(Cl)cc1)C(=O)CN(c1ccc(C(C)C)cc1)S(C)(=O)=O.